The molecular weight excluding hydrogens is 392 g/mol. The van der Waals surface area contributed by atoms with Gasteiger partial charge in [-0.2, -0.15) is 0 Å². The topological polar surface area (TPSA) is 109 Å². The molecular formula is C19H14N6O3S. The van der Waals surface area contributed by atoms with Crippen molar-refractivity contribution in [2.45, 2.75) is 10.3 Å². The summed E-state index contributed by atoms with van der Waals surface area (Å²) in [4.78, 5) is 18.4. The smallest absolute Gasteiger partial charge is 0.305 e. The van der Waals surface area contributed by atoms with Gasteiger partial charge in [0, 0.05) is 5.56 Å². The van der Waals surface area contributed by atoms with E-state index in [0.29, 0.717) is 16.1 Å². The lowest BCUT2D eigenvalue weighted by Crippen LogP contribution is -2.00. The Kier molecular flexibility index (Phi) is 5.16. The number of benzene rings is 2. The van der Waals surface area contributed by atoms with E-state index in [1.165, 1.54) is 24.2 Å². The maximum Gasteiger partial charge on any atom is 0.305 e. The van der Waals surface area contributed by atoms with E-state index in [2.05, 4.69) is 20.2 Å². The van der Waals surface area contributed by atoms with E-state index in [9.17, 15) is 10.1 Å². The number of methoxy groups -OCH3 is 1. The molecule has 2 heterocycles. The van der Waals surface area contributed by atoms with Crippen LogP contribution >= 0.6 is 11.8 Å². The molecule has 0 aliphatic heterocycles. The molecule has 0 spiro atoms. The van der Waals surface area contributed by atoms with E-state index in [4.69, 9.17) is 4.74 Å². The molecule has 0 fully saturated rings. The van der Waals surface area contributed by atoms with Crippen LogP contribution in [0.15, 0.2) is 77.3 Å². The summed E-state index contributed by atoms with van der Waals surface area (Å²) in [6, 6.07) is 17.2. The number of ether oxygens (including phenoxy) is 1. The SMILES string of the molecule is COc1ccc(-n2c(Sc3ncc([N+](=O)[O-])cn3)nnc2-c2ccccc2)cc1. The Bertz CT molecular complexity index is 1130. The van der Waals surface area contributed by atoms with Gasteiger partial charge in [0.2, 0.25) is 5.16 Å². The first-order valence-electron chi connectivity index (χ1n) is 8.45. The summed E-state index contributed by atoms with van der Waals surface area (Å²) >= 11 is 1.17. The molecule has 144 valence electrons. The van der Waals surface area contributed by atoms with Crippen molar-refractivity contribution in [1.29, 1.82) is 0 Å². The van der Waals surface area contributed by atoms with Gasteiger partial charge >= 0.3 is 5.69 Å². The van der Waals surface area contributed by atoms with Crippen molar-refractivity contribution in [3.8, 4) is 22.8 Å². The molecule has 0 bridgehead atoms. The zero-order chi connectivity index (χ0) is 20.2. The Labute approximate surface area is 169 Å². The molecule has 0 amide bonds. The Morgan fingerprint density at radius 2 is 1.69 bits per heavy atom. The largest absolute Gasteiger partial charge is 0.497 e. The lowest BCUT2D eigenvalue weighted by molar-refractivity contribution is -0.385. The van der Waals surface area contributed by atoms with Crippen LogP contribution in [-0.2, 0) is 0 Å². The monoisotopic (exact) mass is 406 g/mol. The minimum atomic E-state index is -0.540. The van der Waals surface area contributed by atoms with Crippen molar-refractivity contribution < 1.29 is 9.66 Å². The fourth-order valence-electron chi connectivity index (χ4n) is 2.61. The van der Waals surface area contributed by atoms with Gasteiger partial charge in [-0.1, -0.05) is 30.3 Å². The summed E-state index contributed by atoms with van der Waals surface area (Å²) in [5, 5.41) is 20.3. The second kappa shape index (κ2) is 8.07. The first-order valence-corrected chi connectivity index (χ1v) is 9.27. The zero-order valence-electron chi connectivity index (χ0n) is 15.2. The third-order valence-electron chi connectivity index (χ3n) is 4.00. The molecule has 4 rings (SSSR count). The number of rotatable bonds is 6. The highest BCUT2D eigenvalue weighted by atomic mass is 32.2. The average molecular weight is 406 g/mol. The molecule has 0 radical (unpaired) electrons. The molecule has 2 aromatic heterocycles. The van der Waals surface area contributed by atoms with Gasteiger partial charge in [0.1, 0.15) is 18.1 Å². The summed E-state index contributed by atoms with van der Waals surface area (Å²) < 4.78 is 7.12. The zero-order valence-corrected chi connectivity index (χ0v) is 16.0. The van der Waals surface area contributed by atoms with Crippen LogP contribution in [0.4, 0.5) is 5.69 Å². The normalized spacial score (nSPS) is 10.7. The predicted octanol–water partition coefficient (Wildman–Crippen LogP) is 3.79. The molecule has 10 heteroatoms. The van der Waals surface area contributed by atoms with E-state index in [1.807, 2.05) is 59.2 Å². The van der Waals surface area contributed by atoms with Gasteiger partial charge in [0.25, 0.3) is 0 Å². The van der Waals surface area contributed by atoms with Crippen LogP contribution in [0.25, 0.3) is 17.1 Å². The predicted molar refractivity (Wildman–Crippen MR) is 106 cm³/mol. The van der Waals surface area contributed by atoms with Crippen LogP contribution < -0.4 is 4.74 Å². The lowest BCUT2D eigenvalue weighted by atomic mass is 10.2. The quantitative estimate of drug-likeness (QED) is 0.270. The number of hydrogen-bond donors (Lipinski definition) is 0. The summed E-state index contributed by atoms with van der Waals surface area (Å²) in [6.45, 7) is 0. The van der Waals surface area contributed by atoms with Crippen molar-refractivity contribution in [2.24, 2.45) is 0 Å². The van der Waals surface area contributed by atoms with Gasteiger partial charge in [0.05, 0.1) is 17.7 Å². The van der Waals surface area contributed by atoms with Crippen LogP contribution in [0, 0.1) is 10.1 Å². The number of aromatic nitrogens is 5. The van der Waals surface area contributed by atoms with Gasteiger partial charge in [0.15, 0.2) is 11.0 Å². The first-order chi connectivity index (χ1) is 14.2. The maximum atomic E-state index is 10.8. The summed E-state index contributed by atoms with van der Waals surface area (Å²) in [5.74, 6) is 1.39. The molecule has 2 aromatic carbocycles. The second-order valence-electron chi connectivity index (χ2n) is 5.79. The van der Waals surface area contributed by atoms with Crippen molar-refractivity contribution in [1.82, 2.24) is 24.7 Å². The van der Waals surface area contributed by atoms with Crippen LogP contribution in [0.2, 0.25) is 0 Å². The molecule has 9 nitrogen and oxygen atoms in total. The highest BCUT2D eigenvalue weighted by molar-refractivity contribution is 7.99. The van der Waals surface area contributed by atoms with E-state index >= 15 is 0 Å². The second-order valence-corrected chi connectivity index (χ2v) is 6.72. The lowest BCUT2D eigenvalue weighted by Gasteiger charge is -2.10. The third kappa shape index (κ3) is 3.92. The highest BCUT2D eigenvalue weighted by Crippen LogP contribution is 2.31. The Morgan fingerprint density at radius 3 is 2.31 bits per heavy atom. The molecule has 29 heavy (non-hydrogen) atoms. The summed E-state index contributed by atoms with van der Waals surface area (Å²) in [5.41, 5.74) is 1.56. The van der Waals surface area contributed by atoms with Gasteiger partial charge in [-0.3, -0.25) is 14.7 Å². The molecule has 0 saturated heterocycles. The summed E-state index contributed by atoms with van der Waals surface area (Å²) in [7, 11) is 1.61. The molecule has 0 saturated carbocycles. The van der Waals surface area contributed by atoms with Gasteiger partial charge in [-0.05, 0) is 36.0 Å². The highest BCUT2D eigenvalue weighted by Gasteiger charge is 2.18. The van der Waals surface area contributed by atoms with Crippen molar-refractivity contribution in [2.75, 3.05) is 7.11 Å². The van der Waals surface area contributed by atoms with Gasteiger partial charge in [-0.25, -0.2) is 9.97 Å². The molecule has 0 aliphatic rings. The van der Waals surface area contributed by atoms with Crippen molar-refractivity contribution in [3.05, 3.63) is 77.1 Å². The van der Waals surface area contributed by atoms with Crippen LogP contribution in [0.3, 0.4) is 0 Å². The van der Waals surface area contributed by atoms with E-state index in [-0.39, 0.29) is 5.69 Å². The number of nitro groups is 1. The molecule has 0 aliphatic carbocycles. The summed E-state index contributed by atoms with van der Waals surface area (Å²) in [6.07, 6.45) is 2.34. The fraction of sp³-hybridized carbons (Fsp3) is 0.0526. The first kappa shape index (κ1) is 18.6. The van der Waals surface area contributed by atoms with E-state index in [1.54, 1.807) is 7.11 Å². The van der Waals surface area contributed by atoms with E-state index in [0.717, 1.165) is 17.0 Å². The van der Waals surface area contributed by atoms with Crippen LogP contribution in [-0.4, -0.2) is 36.8 Å². The molecule has 0 N–H and O–H groups in total. The Hall–Kier alpha value is -3.79. The number of hydrogen-bond acceptors (Lipinski definition) is 8. The molecule has 0 atom stereocenters. The van der Waals surface area contributed by atoms with E-state index < -0.39 is 4.92 Å². The average Bonchev–Trinajstić information content (AvgIpc) is 3.18. The Balaban J connectivity index is 1.77. The molecule has 0 unspecified atom stereocenters. The van der Waals surface area contributed by atoms with Crippen molar-refractivity contribution in [3.63, 3.8) is 0 Å². The third-order valence-corrected chi connectivity index (χ3v) is 4.84. The fourth-order valence-corrected chi connectivity index (χ4v) is 3.35. The van der Waals surface area contributed by atoms with Gasteiger partial charge in [-0.15, -0.1) is 10.2 Å². The van der Waals surface area contributed by atoms with Gasteiger partial charge < -0.3 is 4.74 Å². The minimum absolute atomic E-state index is 0.170. The molecule has 4 aromatic rings. The number of nitrogens with zero attached hydrogens (tertiary/aromatic N) is 6. The maximum absolute atomic E-state index is 10.8. The van der Waals surface area contributed by atoms with Crippen LogP contribution in [0.1, 0.15) is 0 Å². The Morgan fingerprint density at radius 1 is 1.00 bits per heavy atom. The van der Waals surface area contributed by atoms with Crippen molar-refractivity contribution >= 4 is 17.4 Å². The minimum Gasteiger partial charge on any atom is -0.497 e. The van der Waals surface area contributed by atoms with Crippen LogP contribution in [0.5, 0.6) is 5.75 Å². The standard InChI is InChI=1S/C19H14N6O3S/c1-28-16-9-7-14(8-10-16)24-17(13-5-3-2-4-6-13)22-23-19(24)29-18-20-11-15(12-21-18)25(26)27/h2-12H,1H3.